The van der Waals surface area contributed by atoms with Gasteiger partial charge in [0.2, 0.25) is 0 Å². The Morgan fingerprint density at radius 1 is 1.05 bits per heavy atom. The van der Waals surface area contributed by atoms with Gasteiger partial charge in [-0.3, -0.25) is 0 Å². The molecule has 0 spiro atoms. The smallest absolute Gasteiger partial charge is 0.161 e. The summed E-state index contributed by atoms with van der Waals surface area (Å²) >= 11 is 0. The Hall–Kier alpha value is -2.20. The van der Waals surface area contributed by atoms with Crippen LogP contribution in [0.4, 0.5) is 5.69 Å². The molecule has 0 atom stereocenters. The third kappa shape index (κ3) is 4.39. The fraction of sp³-hybridized carbons (Fsp3) is 0.294. The van der Waals surface area contributed by atoms with Crippen LogP contribution in [0.5, 0.6) is 11.5 Å². The van der Waals surface area contributed by atoms with Crippen molar-refractivity contribution in [3.05, 3.63) is 53.6 Å². The third-order valence-corrected chi connectivity index (χ3v) is 3.18. The van der Waals surface area contributed by atoms with Crippen molar-refractivity contribution in [1.82, 2.24) is 0 Å². The van der Waals surface area contributed by atoms with Gasteiger partial charge >= 0.3 is 0 Å². The number of ether oxygens (including phenoxy) is 1. The largest absolute Gasteiger partial charge is 0.504 e. The van der Waals surface area contributed by atoms with Gasteiger partial charge in [0.1, 0.15) is 0 Å². The zero-order valence-electron chi connectivity index (χ0n) is 12.2. The van der Waals surface area contributed by atoms with E-state index >= 15 is 0 Å². The normalized spacial score (nSPS) is 10.4. The van der Waals surface area contributed by atoms with Crippen molar-refractivity contribution >= 4 is 5.69 Å². The standard InChI is InChI=1S/C17H21NO3/c1-2-21-17-11-14(5-8-16(17)20)12-18-15-6-3-13(4-7-15)9-10-19/h3-8,11,18-20H,2,9-10,12H2,1H3. The molecule has 2 aromatic carbocycles. The summed E-state index contributed by atoms with van der Waals surface area (Å²) in [5.74, 6) is 0.670. The second kappa shape index (κ2) is 7.55. The first-order valence-corrected chi connectivity index (χ1v) is 7.11. The zero-order chi connectivity index (χ0) is 15.1. The number of anilines is 1. The van der Waals surface area contributed by atoms with Crippen molar-refractivity contribution in [3.63, 3.8) is 0 Å². The van der Waals surface area contributed by atoms with Gasteiger partial charge in [-0.25, -0.2) is 0 Å². The van der Waals surface area contributed by atoms with Crippen LogP contribution < -0.4 is 10.1 Å². The fourth-order valence-electron chi connectivity index (χ4n) is 2.06. The molecule has 0 saturated carbocycles. The zero-order valence-corrected chi connectivity index (χ0v) is 12.2. The highest BCUT2D eigenvalue weighted by molar-refractivity contribution is 5.47. The molecule has 21 heavy (non-hydrogen) atoms. The van der Waals surface area contributed by atoms with Gasteiger partial charge in [-0.15, -0.1) is 0 Å². The summed E-state index contributed by atoms with van der Waals surface area (Å²) in [6.45, 7) is 3.23. The molecule has 112 valence electrons. The van der Waals surface area contributed by atoms with Gasteiger partial charge in [-0.2, -0.15) is 0 Å². The Bertz CT molecular complexity index is 567. The SMILES string of the molecule is CCOc1cc(CNc2ccc(CCO)cc2)ccc1O. The summed E-state index contributed by atoms with van der Waals surface area (Å²) in [4.78, 5) is 0. The van der Waals surface area contributed by atoms with E-state index in [1.807, 2.05) is 43.3 Å². The minimum atomic E-state index is 0.161. The van der Waals surface area contributed by atoms with Crippen LogP contribution in [0.3, 0.4) is 0 Å². The minimum Gasteiger partial charge on any atom is -0.504 e. The van der Waals surface area contributed by atoms with Gasteiger partial charge in [-0.05, 0) is 48.7 Å². The third-order valence-electron chi connectivity index (χ3n) is 3.18. The van der Waals surface area contributed by atoms with E-state index in [-0.39, 0.29) is 12.4 Å². The topological polar surface area (TPSA) is 61.7 Å². The number of rotatable bonds is 7. The number of phenolic OH excluding ortho intramolecular Hbond substituents is 1. The first kappa shape index (κ1) is 15.2. The van der Waals surface area contributed by atoms with Crippen LogP contribution in [0.2, 0.25) is 0 Å². The molecule has 4 heteroatoms. The number of aromatic hydroxyl groups is 1. The molecule has 0 amide bonds. The molecule has 0 aliphatic heterocycles. The molecule has 0 aliphatic carbocycles. The lowest BCUT2D eigenvalue weighted by Gasteiger charge is -2.10. The van der Waals surface area contributed by atoms with Crippen molar-refractivity contribution < 1.29 is 14.9 Å². The van der Waals surface area contributed by atoms with Gasteiger partial charge < -0.3 is 20.3 Å². The number of hydrogen-bond acceptors (Lipinski definition) is 4. The predicted octanol–water partition coefficient (Wildman–Crippen LogP) is 2.94. The Morgan fingerprint density at radius 3 is 2.43 bits per heavy atom. The highest BCUT2D eigenvalue weighted by atomic mass is 16.5. The highest BCUT2D eigenvalue weighted by Gasteiger charge is 2.03. The van der Waals surface area contributed by atoms with E-state index in [0.29, 0.717) is 25.3 Å². The first-order chi connectivity index (χ1) is 10.2. The van der Waals surface area contributed by atoms with E-state index in [1.165, 1.54) is 0 Å². The molecule has 3 N–H and O–H groups in total. The number of aliphatic hydroxyl groups excluding tert-OH is 1. The maximum absolute atomic E-state index is 9.67. The highest BCUT2D eigenvalue weighted by Crippen LogP contribution is 2.27. The van der Waals surface area contributed by atoms with Crippen LogP contribution >= 0.6 is 0 Å². The molecule has 2 aromatic rings. The van der Waals surface area contributed by atoms with Gasteiger partial charge in [0.05, 0.1) is 6.61 Å². The van der Waals surface area contributed by atoms with E-state index in [9.17, 15) is 5.11 Å². The van der Waals surface area contributed by atoms with E-state index in [1.54, 1.807) is 6.07 Å². The van der Waals surface area contributed by atoms with Crippen molar-refractivity contribution in [2.75, 3.05) is 18.5 Å². The summed E-state index contributed by atoms with van der Waals surface area (Å²) < 4.78 is 5.37. The molecule has 0 aliphatic rings. The molecular formula is C17H21NO3. The minimum absolute atomic E-state index is 0.161. The Morgan fingerprint density at radius 2 is 1.76 bits per heavy atom. The number of aliphatic hydroxyl groups is 1. The molecular weight excluding hydrogens is 266 g/mol. The van der Waals surface area contributed by atoms with Gasteiger partial charge in [0, 0.05) is 18.8 Å². The van der Waals surface area contributed by atoms with Crippen molar-refractivity contribution in [3.8, 4) is 11.5 Å². The summed E-state index contributed by atoms with van der Waals surface area (Å²) in [7, 11) is 0. The van der Waals surface area contributed by atoms with Crippen molar-refractivity contribution in [2.45, 2.75) is 19.9 Å². The average Bonchev–Trinajstić information content (AvgIpc) is 2.50. The van der Waals surface area contributed by atoms with E-state index in [4.69, 9.17) is 9.84 Å². The summed E-state index contributed by atoms with van der Waals surface area (Å²) in [6, 6.07) is 13.3. The predicted molar refractivity (Wildman–Crippen MR) is 83.8 cm³/mol. The summed E-state index contributed by atoms with van der Waals surface area (Å²) in [5.41, 5.74) is 3.17. The number of phenols is 1. The quantitative estimate of drug-likeness (QED) is 0.732. The van der Waals surface area contributed by atoms with E-state index in [0.717, 1.165) is 16.8 Å². The van der Waals surface area contributed by atoms with Gasteiger partial charge in [-0.1, -0.05) is 18.2 Å². The maximum Gasteiger partial charge on any atom is 0.161 e. The second-order valence-electron chi connectivity index (χ2n) is 4.76. The number of hydrogen-bond donors (Lipinski definition) is 3. The summed E-state index contributed by atoms with van der Waals surface area (Å²) in [5, 5.41) is 21.9. The summed E-state index contributed by atoms with van der Waals surface area (Å²) in [6.07, 6.45) is 0.677. The molecule has 0 bridgehead atoms. The molecule has 0 saturated heterocycles. The molecule has 0 unspecified atom stereocenters. The monoisotopic (exact) mass is 287 g/mol. The van der Waals surface area contributed by atoms with Crippen molar-refractivity contribution in [1.29, 1.82) is 0 Å². The van der Waals surface area contributed by atoms with Crippen LogP contribution in [0, 0.1) is 0 Å². The van der Waals surface area contributed by atoms with E-state index in [2.05, 4.69) is 5.32 Å². The molecule has 0 aromatic heterocycles. The average molecular weight is 287 g/mol. The lowest BCUT2D eigenvalue weighted by Crippen LogP contribution is -2.01. The van der Waals surface area contributed by atoms with Crippen LogP contribution in [0.15, 0.2) is 42.5 Å². The van der Waals surface area contributed by atoms with E-state index < -0.39 is 0 Å². The van der Waals surface area contributed by atoms with Crippen molar-refractivity contribution in [2.24, 2.45) is 0 Å². The first-order valence-electron chi connectivity index (χ1n) is 7.11. The fourth-order valence-corrected chi connectivity index (χ4v) is 2.06. The second-order valence-corrected chi connectivity index (χ2v) is 4.76. The van der Waals surface area contributed by atoms with Crippen LogP contribution in [-0.4, -0.2) is 23.4 Å². The molecule has 2 rings (SSSR count). The Balaban J connectivity index is 1.97. The van der Waals surface area contributed by atoms with Gasteiger partial charge in [0.15, 0.2) is 11.5 Å². The molecule has 0 fully saturated rings. The molecule has 0 heterocycles. The van der Waals surface area contributed by atoms with Crippen LogP contribution in [0.25, 0.3) is 0 Å². The Kier molecular flexibility index (Phi) is 5.46. The van der Waals surface area contributed by atoms with Gasteiger partial charge in [0.25, 0.3) is 0 Å². The molecule has 0 radical (unpaired) electrons. The molecule has 4 nitrogen and oxygen atoms in total. The lowest BCUT2D eigenvalue weighted by molar-refractivity contribution is 0.299. The number of nitrogens with one attached hydrogen (secondary N) is 1. The lowest BCUT2D eigenvalue weighted by atomic mass is 10.1. The number of benzene rings is 2. The Labute approximate surface area is 125 Å². The van der Waals surface area contributed by atoms with Crippen LogP contribution in [0.1, 0.15) is 18.1 Å². The van der Waals surface area contributed by atoms with Crippen LogP contribution in [-0.2, 0) is 13.0 Å². The maximum atomic E-state index is 9.67.